The van der Waals surface area contributed by atoms with Crippen molar-refractivity contribution in [2.75, 3.05) is 6.54 Å². The Morgan fingerprint density at radius 2 is 1.96 bits per heavy atom. The Bertz CT molecular complexity index is 744. The van der Waals surface area contributed by atoms with Crippen LogP contribution in [-0.2, 0) is 11.8 Å². The molecule has 1 aliphatic heterocycles. The maximum absolute atomic E-state index is 13.0. The van der Waals surface area contributed by atoms with Crippen LogP contribution in [0.25, 0.3) is 10.9 Å². The van der Waals surface area contributed by atoms with E-state index in [0.717, 1.165) is 10.9 Å². The predicted molar refractivity (Wildman–Crippen MR) is 88.8 cm³/mol. The van der Waals surface area contributed by atoms with Crippen molar-refractivity contribution < 1.29 is 14.7 Å². The number of fused-ring (bicyclic) bond motifs is 1. The summed E-state index contributed by atoms with van der Waals surface area (Å²) in [5.74, 6) is -1.56. The monoisotopic (exact) mass is 334 g/mol. The van der Waals surface area contributed by atoms with Gasteiger partial charge in [0.15, 0.2) is 0 Å². The zero-order valence-electron chi connectivity index (χ0n) is 13.1. The number of carbonyl (C=O) groups is 2. The highest BCUT2D eigenvalue weighted by Crippen LogP contribution is 2.32. The van der Waals surface area contributed by atoms with Crippen molar-refractivity contribution in [1.29, 1.82) is 0 Å². The van der Waals surface area contributed by atoms with Crippen LogP contribution in [0.2, 0.25) is 5.02 Å². The number of rotatable bonds is 2. The molecule has 2 unspecified atom stereocenters. The summed E-state index contributed by atoms with van der Waals surface area (Å²) >= 11 is 6.44. The van der Waals surface area contributed by atoms with Gasteiger partial charge >= 0.3 is 5.97 Å². The zero-order valence-corrected chi connectivity index (χ0v) is 13.9. The Kier molecular flexibility index (Phi) is 4.06. The van der Waals surface area contributed by atoms with Gasteiger partial charge in [0.25, 0.3) is 5.91 Å². The van der Waals surface area contributed by atoms with Gasteiger partial charge in [-0.3, -0.25) is 9.59 Å². The van der Waals surface area contributed by atoms with Crippen LogP contribution in [-0.4, -0.2) is 39.0 Å². The molecule has 0 saturated carbocycles. The predicted octanol–water partition coefficient (Wildman–Crippen LogP) is 3.16. The van der Waals surface area contributed by atoms with E-state index in [-0.39, 0.29) is 18.5 Å². The smallest absolute Gasteiger partial charge is 0.308 e. The van der Waals surface area contributed by atoms with E-state index in [0.29, 0.717) is 23.6 Å². The van der Waals surface area contributed by atoms with Gasteiger partial charge in [0.05, 0.1) is 10.9 Å². The molecule has 1 aromatic heterocycles. The first kappa shape index (κ1) is 15.9. The largest absolute Gasteiger partial charge is 0.481 e. The second kappa shape index (κ2) is 5.89. The van der Waals surface area contributed by atoms with Gasteiger partial charge in [-0.05, 0) is 25.8 Å². The molecule has 1 saturated heterocycles. The zero-order chi connectivity index (χ0) is 16.7. The molecule has 0 spiro atoms. The summed E-state index contributed by atoms with van der Waals surface area (Å²) < 4.78 is 1.79. The van der Waals surface area contributed by atoms with Crippen LogP contribution in [0.3, 0.4) is 0 Å². The van der Waals surface area contributed by atoms with E-state index < -0.39 is 11.9 Å². The molecule has 2 heterocycles. The van der Waals surface area contributed by atoms with Crippen LogP contribution in [0, 0.1) is 5.92 Å². The highest BCUT2D eigenvalue weighted by atomic mass is 35.5. The second-order valence-corrected chi connectivity index (χ2v) is 6.54. The molecular weight excluding hydrogens is 316 g/mol. The summed E-state index contributed by atoms with van der Waals surface area (Å²) in [4.78, 5) is 25.9. The molecule has 2 atom stereocenters. The van der Waals surface area contributed by atoms with E-state index in [1.54, 1.807) is 9.47 Å². The highest BCUT2D eigenvalue weighted by Gasteiger charge is 2.35. The van der Waals surface area contributed by atoms with Crippen molar-refractivity contribution in [3.8, 4) is 0 Å². The Morgan fingerprint density at radius 1 is 1.26 bits per heavy atom. The lowest BCUT2D eigenvalue weighted by Gasteiger charge is -2.36. The number of hydrogen-bond donors (Lipinski definition) is 1. The molecule has 1 aliphatic rings. The summed E-state index contributed by atoms with van der Waals surface area (Å²) in [7, 11) is 1.81. The van der Waals surface area contributed by atoms with E-state index in [4.69, 9.17) is 11.6 Å². The van der Waals surface area contributed by atoms with Crippen LogP contribution in [0.1, 0.15) is 30.3 Å². The molecule has 1 amide bonds. The minimum absolute atomic E-state index is 0.00665. The number of aryl methyl sites for hydroxylation is 1. The lowest BCUT2D eigenvalue weighted by molar-refractivity contribution is -0.143. The first-order valence-corrected chi connectivity index (χ1v) is 8.06. The van der Waals surface area contributed by atoms with Gasteiger partial charge in [-0.15, -0.1) is 0 Å². The number of benzene rings is 1. The topological polar surface area (TPSA) is 62.5 Å². The van der Waals surface area contributed by atoms with Gasteiger partial charge in [-0.1, -0.05) is 29.8 Å². The van der Waals surface area contributed by atoms with Gasteiger partial charge in [-0.2, -0.15) is 0 Å². The van der Waals surface area contributed by atoms with Gasteiger partial charge in [0.2, 0.25) is 0 Å². The quantitative estimate of drug-likeness (QED) is 0.917. The standard InChI is InChI=1S/C17H19ClN2O3/c1-10-7-8-11(17(22)23)9-20(10)16(21)15-14(18)12-5-3-4-6-13(12)19(15)2/h3-6,10-11H,7-9H2,1-2H3,(H,22,23). The lowest BCUT2D eigenvalue weighted by atomic mass is 9.93. The number of carboxylic acid groups (broad SMARTS) is 1. The van der Waals surface area contributed by atoms with Crippen molar-refractivity contribution in [1.82, 2.24) is 9.47 Å². The van der Waals surface area contributed by atoms with Crippen LogP contribution >= 0.6 is 11.6 Å². The van der Waals surface area contributed by atoms with Crippen LogP contribution in [0.15, 0.2) is 24.3 Å². The summed E-state index contributed by atoms with van der Waals surface area (Å²) in [6.45, 7) is 2.18. The molecule has 122 valence electrons. The summed E-state index contributed by atoms with van der Waals surface area (Å²) in [6.07, 6.45) is 1.29. The summed E-state index contributed by atoms with van der Waals surface area (Å²) in [5.41, 5.74) is 1.31. The molecular formula is C17H19ClN2O3. The number of piperidine rings is 1. The molecule has 1 aromatic carbocycles. The molecule has 1 N–H and O–H groups in total. The number of halogens is 1. The number of nitrogens with zero attached hydrogens (tertiary/aromatic N) is 2. The van der Waals surface area contributed by atoms with E-state index in [1.807, 2.05) is 38.2 Å². The maximum Gasteiger partial charge on any atom is 0.308 e. The van der Waals surface area contributed by atoms with Crippen LogP contribution in [0.4, 0.5) is 0 Å². The van der Waals surface area contributed by atoms with Crippen LogP contribution in [0.5, 0.6) is 0 Å². The number of aromatic nitrogens is 1. The normalized spacial score (nSPS) is 21.6. The fourth-order valence-corrected chi connectivity index (χ4v) is 3.68. The molecule has 3 rings (SSSR count). The average Bonchev–Trinajstić information content (AvgIpc) is 2.79. The van der Waals surface area contributed by atoms with Gasteiger partial charge in [0, 0.05) is 30.5 Å². The molecule has 5 nitrogen and oxygen atoms in total. The Morgan fingerprint density at radius 3 is 2.61 bits per heavy atom. The molecule has 0 radical (unpaired) electrons. The van der Waals surface area contributed by atoms with E-state index in [2.05, 4.69) is 0 Å². The molecule has 23 heavy (non-hydrogen) atoms. The first-order valence-electron chi connectivity index (χ1n) is 7.68. The number of amides is 1. The van der Waals surface area contributed by atoms with Gasteiger partial charge < -0.3 is 14.6 Å². The van der Waals surface area contributed by atoms with E-state index in [1.165, 1.54) is 0 Å². The third-order valence-electron chi connectivity index (χ3n) is 4.74. The first-order chi connectivity index (χ1) is 10.9. The third-order valence-corrected chi connectivity index (χ3v) is 5.12. The van der Waals surface area contributed by atoms with Crippen molar-refractivity contribution in [2.45, 2.75) is 25.8 Å². The minimum Gasteiger partial charge on any atom is -0.481 e. The Hall–Kier alpha value is -2.01. The summed E-state index contributed by atoms with van der Waals surface area (Å²) in [5, 5.41) is 10.5. The van der Waals surface area contributed by atoms with Crippen molar-refractivity contribution in [3.05, 3.63) is 35.0 Å². The van der Waals surface area contributed by atoms with Crippen LogP contribution < -0.4 is 0 Å². The number of aliphatic carboxylic acids is 1. The van der Waals surface area contributed by atoms with Gasteiger partial charge in [-0.25, -0.2) is 0 Å². The number of hydrogen-bond acceptors (Lipinski definition) is 2. The fourth-order valence-electron chi connectivity index (χ4n) is 3.31. The molecule has 0 bridgehead atoms. The highest BCUT2D eigenvalue weighted by molar-refractivity contribution is 6.38. The number of carboxylic acids is 1. The minimum atomic E-state index is -0.849. The fraction of sp³-hybridized carbons (Fsp3) is 0.412. The van der Waals surface area contributed by atoms with Crippen molar-refractivity contribution in [2.24, 2.45) is 13.0 Å². The number of likely N-dealkylation sites (tertiary alicyclic amines) is 1. The second-order valence-electron chi connectivity index (χ2n) is 6.16. The van der Waals surface area contributed by atoms with Crippen molar-refractivity contribution >= 4 is 34.4 Å². The Labute approximate surface area is 139 Å². The molecule has 2 aromatic rings. The van der Waals surface area contributed by atoms with E-state index in [9.17, 15) is 14.7 Å². The third kappa shape index (κ3) is 2.59. The molecule has 0 aliphatic carbocycles. The average molecular weight is 335 g/mol. The van der Waals surface area contributed by atoms with Crippen molar-refractivity contribution in [3.63, 3.8) is 0 Å². The molecule has 6 heteroatoms. The number of para-hydroxylation sites is 1. The van der Waals surface area contributed by atoms with Gasteiger partial charge in [0.1, 0.15) is 5.69 Å². The lowest BCUT2D eigenvalue weighted by Crippen LogP contribution is -2.47. The Balaban J connectivity index is 2.01. The summed E-state index contributed by atoms with van der Waals surface area (Å²) in [6, 6.07) is 7.59. The van der Waals surface area contributed by atoms with E-state index >= 15 is 0 Å². The number of carbonyl (C=O) groups excluding carboxylic acids is 1. The SMILES string of the molecule is CC1CCC(C(=O)O)CN1C(=O)c1c(Cl)c2ccccc2n1C. The molecule has 1 fully saturated rings. The maximum atomic E-state index is 13.0.